The molecular formula is C20H33N. The van der Waals surface area contributed by atoms with Gasteiger partial charge in [-0.3, -0.25) is 0 Å². The Kier molecular flexibility index (Phi) is 5.48. The summed E-state index contributed by atoms with van der Waals surface area (Å²) in [6.07, 6.45) is 3.81. The molecule has 21 heavy (non-hydrogen) atoms. The molecule has 2 atom stereocenters. The van der Waals surface area contributed by atoms with E-state index in [1.807, 2.05) is 0 Å². The van der Waals surface area contributed by atoms with E-state index in [2.05, 4.69) is 59.0 Å². The Morgan fingerprint density at radius 2 is 1.81 bits per heavy atom. The van der Waals surface area contributed by atoms with Crippen LogP contribution in [0.3, 0.4) is 0 Å². The fraction of sp³-hybridized carbons (Fsp3) is 0.700. The molecule has 0 amide bonds. The third-order valence-corrected chi connectivity index (χ3v) is 4.95. The molecule has 0 heterocycles. The van der Waals surface area contributed by atoms with Crippen LogP contribution < -0.4 is 5.32 Å². The molecule has 2 rings (SSSR count). The van der Waals surface area contributed by atoms with Crippen molar-refractivity contribution in [1.82, 2.24) is 5.32 Å². The van der Waals surface area contributed by atoms with Crippen molar-refractivity contribution in [1.29, 1.82) is 0 Å². The van der Waals surface area contributed by atoms with Crippen molar-refractivity contribution in [2.45, 2.75) is 84.6 Å². The summed E-state index contributed by atoms with van der Waals surface area (Å²) in [7, 11) is 0. The summed E-state index contributed by atoms with van der Waals surface area (Å²) < 4.78 is 0. The lowest BCUT2D eigenvalue weighted by molar-refractivity contribution is 0.429. The minimum absolute atomic E-state index is 0.562. The fourth-order valence-electron chi connectivity index (χ4n) is 3.64. The highest BCUT2D eigenvalue weighted by Crippen LogP contribution is 2.42. The quantitative estimate of drug-likeness (QED) is 0.714. The molecule has 1 N–H and O–H groups in total. The highest BCUT2D eigenvalue weighted by Gasteiger charge is 2.28. The van der Waals surface area contributed by atoms with Gasteiger partial charge in [-0.25, -0.2) is 0 Å². The average Bonchev–Trinajstić information content (AvgIpc) is 2.45. The van der Waals surface area contributed by atoms with Crippen molar-refractivity contribution in [2.24, 2.45) is 0 Å². The van der Waals surface area contributed by atoms with E-state index in [0.29, 0.717) is 23.8 Å². The summed E-state index contributed by atoms with van der Waals surface area (Å²) >= 11 is 0. The second-order valence-corrected chi connectivity index (χ2v) is 7.41. The first kappa shape index (κ1) is 16.5. The maximum absolute atomic E-state index is 3.78. The third-order valence-electron chi connectivity index (χ3n) is 4.95. The van der Waals surface area contributed by atoms with Gasteiger partial charge in [0.2, 0.25) is 0 Å². The molecule has 0 saturated heterocycles. The second kappa shape index (κ2) is 6.96. The van der Waals surface area contributed by atoms with Crippen LogP contribution in [-0.2, 0) is 0 Å². The van der Waals surface area contributed by atoms with Crippen molar-refractivity contribution < 1.29 is 0 Å². The van der Waals surface area contributed by atoms with E-state index in [9.17, 15) is 0 Å². The minimum atomic E-state index is 0.562. The normalized spacial score (nSPS) is 21.9. The molecule has 1 aliphatic rings. The van der Waals surface area contributed by atoms with Crippen molar-refractivity contribution in [2.75, 3.05) is 6.54 Å². The smallest absolute Gasteiger partial charge is 0.0323 e. The van der Waals surface area contributed by atoms with E-state index in [-0.39, 0.29) is 0 Å². The molecule has 0 radical (unpaired) electrons. The number of hydrogen-bond acceptors (Lipinski definition) is 1. The maximum Gasteiger partial charge on any atom is 0.0323 e. The zero-order valence-electron chi connectivity index (χ0n) is 14.8. The molecule has 1 aromatic carbocycles. The van der Waals surface area contributed by atoms with Crippen LogP contribution in [0.2, 0.25) is 0 Å². The number of fused-ring (bicyclic) bond motifs is 1. The highest BCUT2D eigenvalue weighted by molar-refractivity contribution is 5.46. The third kappa shape index (κ3) is 3.51. The lowest BCUT2D eigenvalue weighted by Gasteiger charge is -2.34. The SMILES string of the molecule is CCCNC1CCC(C)c2c(C(C)C)cc(C(C)C)cc21. The van der Waals surface area contributed by atoms with Crippen LogP contribution in [0.5, 0.6) is 0 Å². The summed E-state index contributed by atoms with van der Waals surface area (Å²) in [4.78, 5) is 0. The Labute approximate surface area is 131 Å². The molecular weight excluding hydrogens is 254 g/mol. The van der Waals surface area contributed by atoms with Gasteiger partial charge in [0.05, 0.1) is 0 Å². The number of rotatable bonds is 5. The van der Waals surface area contributed by atoms with Gasteiger partial charge in [0.1, 0.15) is 0 Å². The van der Waals surface area contributed by atoms with E-state index >= 15 is 0 Å². The standard InChI is InChI=1S/C20H33N/c1-7-10-21-19-9-8-15(6)20-17(14(4)5)11-16(13(2)3)12-18(19)20/h11-15,19,21H,7-10H2,1-6H3. The summed E-state index contributed by atoms with van der Waals surface area (Å²) in [6, 6.07) is 5.54. The van der Waals surface area contributed by atoms with E-state index in [1.165, 1.54) is 24.8 Å². The van der Waals surface area contributed by atoms with Crippen LogP contribution in [-0.4, -0.2) is 6.54 Å². The lowest BCUT2D eigenvalue weighted by atomic mass is 9.75. The van der Waals surface area contributed by atoms with E-state index in [1.54, 1.807) is 16.7 Å². The molecule has 1 aliphatic carbocycles. The summed E-state index contributed by atoms with van der Waals surface area (Å²) in [5, 5.41) is 3.78. The van der Waals surface area contributed by atoms with E-state index < -0.39 is 0 Å². The summed E-state index contributed by atoms with van der Waals surface area (Å²) in [6.45, 7) is 15.1. The first-order valence-corrected chi connectivity index (χ1v) is 8.86. The van der Waals surface area contributed by atoms with E-state index in [4.69, 9.17) is 0 Å². The first-order chi connectivity index (χ1) is 9.95. The number of nitrogens with one attached hydrogen (secondary N) is 1. The average molecular weight is 287 g/mol. The predicted octanol–water partition coefficient (Wildman–Crippen LogP) is 5.87. The van der Waals surface area contributed by atoms with Crippen molar-refractivity contribution in [3.05, 3.63) is 34.4 Å². The molecule has 0 aliphatic heterocycles. The van der Waals surface area contributed by atoms with Crippen LogP contribution in [0, 0.1) is 0 Å². The molecule has 0 spiro atoms. The lowest BCUT2D eigenvalue weighted by Crippen LogP contribution is -2.28. The zero-order valence-corrected chi connectivity index (χ0v) is 14.8. The van der Waals surface area contributed by atoms with Gasteiger partial charge in [0.25, 0.3) is 0 Å². The monoisotopic (exact) mass is 287 g/mol. The van der Waals surface area contributed by atoms with Gasteiger partial charge in [-0.05, 0) is 65.8 Å². The Morgan fingerprint density at radius 3 is 2.38 bits per heavy atom. The second-order valence-electron chi connectivity index (χ2n) is 7.41. The van der Waals surface area contributed by atoms with Gasteiger partial charge >= 0.3 is 0 Å². The van der Waals surface area contributed by atoms with Gasteiger partial charge in [-0.15, -0.1) is 0 Å². The first-order valence-electron chi connectivity index (χ1n) is 8.86. The van der Waals surface area contributed by atoms with Gasteiger partial charge < -0.3 is 5.32 Å². The predicted molar refractivity (Wildman–Crippen MR) is 93.3 cm³/mol. The zero-order chi connectivity index (χ0) is 15.6. The fourth-order valence-corrected chi connectivity index (χ4v) is 3.64. The Balaban J connectivity index is 2.52. The molecule has 1 nitrogen and oxygen atoms in total. The van der Waals surface area contributed by atoms with Crippen LogP contribution in [0.15, 0.2) is 12.1 Å². The Bertz CT molecular complexity index is 473. The topological polar surface area (TPSA) is 12.0 Å². The number of hydrogen-bond donors (Lipinski definition) is 1. The van der Waals surface area contributed by atoms with E-state index in [0.717, 1.165) is 6.54 Å². The molecule has 1 heteroatoms. The molecule has 118 valence electrons. The molecule has 2 unspecified atom stereocenters. The van der Waals surface area contributed by atoms with Crippen molar-refractivity contribution in [3.8, 4) is 0 Å². The van der Waals surface area contributed by atoms with Gasteiger partial charge in [0, 0.05) is 6.04 Å². The van der Waals surface area contributed by atoms with Gasteiger partial charge in [-0.2, -0.15) is 0 Å². The largest absolute Gasteiger partial charge is 0.310 e. The Morgan fingerprint density at radius 1 is 1.10 bits per heavy atom. The Hall–Kier alpha value is -0.820. The highest BCUT2D eigenvalue weighted by atomic mass is 14.9. The van der Waals surface area contributed by atoms with Crippen LogP contribution >= 0.6 is 0 Å². The maximum atomic E-state index is 3.78. The minimum Gasteiger partial charge on any atom is -0.310 e. The molecule has 0 bridgehead atoms. The van der Waals surface area contributed by atoms with Crippen molar-refractivity contribution >= 4 is 0 Å². The van der Waals surface area contributed by atoms with Crippen LogP contribution in [0.4, 0.5) is 0 Å². The molecule has 0 fully saturated rings. The molecule has 1 aromatic rings. The van der Waals surface area contributed by atoms with Crippen molar-refractivity contribution in [3.63, 3.8) is 0 Å². The van der Waals surface area contributed by atoms with Crippen LogP contribution in [0.25, 0.3) is 0 Å². The van der Waals surface area contributed by atoms with Crippen LogP contribution in [0.1, 0.15) is 107 Å². The number of benzene rings is 1. The van der Waals surface area contributed by atoms with Gasteiger partial charge in [-0.1, -0.05) is 53.7 Å². The van der Waals surface area contributed by atoms with Gasteiger partial charge in [0.15, 0.2) is 0 Å². The molecule has 0 saturated carbocycles. The summed E-state index contributed by atoms with van der Waals surface area (Å²) in [5.41, 5.74) is 6.34. The molecule has 0 aromatic heterocycles. The summed E-state index contributed by atoms with van der Waals surface area (Å²) in [5.74, 6) is 1.93.